The van der Waals surface area contributed by atoms with E-state index in [9.17, 15) is 4.79 Å². The molecule has 0 atom stereocenters. The topological polar surface area (TPSA) is 68.8 Å². The lowest BCUT2D eigenvalue weighted by molar-refractivity contribution is 0.0963. The number of piperidine rings is 1. The van der Waals surface area contributed by atoms with Gasteiger partial charge < -0.3 is 20.9 Å². The largest absolute Gasteiger partial charge is 0.356 e. The Bertz CT molecular complexity index is 594. The molecule has 1 saturated heterocycles. The first-order chi connectivity index (χ1) is 12.6. The minimum Gasteiger partial charge on any atom is -0.356 e. The molecule has 0 aliphatic carbocycles. The van der Waals surface area contributed by atoms with Crippen LogP contribution in [0, 0.1) is 5.92 Å². The van der Waals surface area contributed by atoms with Gasteiger partial charge in [-0.25, -0.2) is 0 Å². The molecule has 0 saturated carbocycles. The molecule has 1 aliphatic rings. The highest BCUT2D eigenvalue weighted by Gasteiger charge is 2.14. The maximum Gasteiger partial charge on any atom is 0.251 e. The number of aliphatic imine (C=N–C) groups is 1. The van der Waals surface area contributed by atoms with E-state index in [2.05, 4.69) is 32.8 Å². The van der Waals surface area contributed by atoms with E-state index >= 15 is 0 Å². The molecule has 0 aromatic heterocycles. The monoisotopic (exact) mass is 359 g/mol. The first kappa shape index (κ1) is 20.2. The standard InChI is InChI=1S/C20H33N5O/c1-16-8-12-25(13-9-16)11-5-10-23-20(22-3)24-15-17-6-4-7-18(14-17)19(26)21-2/h4,6-7,14,16H,5,8-13,15H2,1-3H3,(H,21,26)(H2,22,23,24). The Morgan fingerprint density at radius 2 is 2.04 bits per heavy atom. The van der Waals surface area contributed by atoms with Gasteiger partial charge in [-0.1, -0.05) is 19.1 Å². The number of likely N-dealkylation sites (tertiary alicyclic amines) is 1. The third-order valence-corrected chi connectivity index (χ3v) is 4.92. The molecule has 1 aromatic rings. The molecule has 1 fully saturated rings. The summed E-state index contributed by atoms with van der Waals surface area (Å²) >= 11 is 0. The van der Waals surface area contributed by atoms with Crippen LogP contribution in [0.1, 0.15) is 42.1 Å². The first-order valence-corrected chi connectivity index (χ1v) is 9.60. The summed E-state index contributed by atoms with van der Waals surface area (Å²) < 4.78 is 0. The number of hydrogen-bond acceptors (Lipinski definition) is 3. The zero-order valence-corrected chi connectivity index (χ0v) is 16.3. The van der Waals surface area contributed by atoms with Crippen LogP contribution in [-0.4, -0.2) is 57.0 Å². The molecular weight excluding hydrogens is 326 g/mol. The van der Waals surface area contributed by atoms with Gasteiger partial charge in [-0.15, -0.1) is 0 Å². The Hall–Kier alpha value is -2.08. The molecule has 1 amide bonds. The number of benzene rings is 1. The number of nitrogens with zero attached hydrogens (tertiary/aromatic N) is 2. The first-order valence-electron chi connectivity index (χ1n) is 9.60. The second kappa shape index (κ2) is 10.8. The van der Waals surface area contributed by atoms with Gasteiger partial charge in [0.2, 0.25) is 0 Å². The van der Waals surface area contributed by atoms with Crippen molar-refractivity contribution >= 4 is 11.9 Å². The predicted octanol–water partition coefficient (Wildman–Crippen LogP) is 1.83. The Morgan fingerprint density at radius 3 is 2.73 bits per heavy atom. The zero-order valence-electron chi connectivity index (χ0n) is 16.3. The van der Waals surface area contributed by atoms with Crippen molar-refractivity contribution in [2.24, 2.45) is 10.9 Å². The second-order valence-electron chi connectivity index (χ2n) is 7.01. The fourth-order valence-electron chi connectivity index (χ4n) is 3.17. The van der Waals surface area contributed by atoms with Crippen LogP contribution in [0.5, 0.6) is 0 Å². The molecule has 6 nitrogen and oxygen atoms in total. The van der Waals surface area contributed by atoms with Gasteiger partial charge >= 0.3 is 0 Å². The Balaban J connectivity index is 1.68. The van der Waals surface area contributed by atoms with Crippen molar-refractivity contribution in [1.82, 2.24) is 20.9 Å². The van der Waals surface area contributed by atoms with Crippen molar-refractivity contribution in [1.29, 1.82) is 0 Å². The van der Waals surface area contributed by atoms with Gasteiger partial charge in [0.05, 0.1) is 0 Å². The Labute approximate surface area is 157 Å². The molecule has 1 aromatic carbocycles. The summed E-state index contributed by atoms with van der Waals surface area (Å²) in [6.07, 6.45) is 3.76. The summed E-state index contributed by atoms with van der Waals surface area (Å²) in [6.45, 7) is 7.49. The van der Waals surface area contributed by atoms with Crippen LogP contribution in [0.15, 0.2) is 29.3 Å². The van der Waals surface area contributed by atoms with E-state index in [1.54, 1.807) is 14.1 Å². The fraction of sp³-hybridized carbons (Fsp3) is 0.600. The molecule has 26 heavy (non-hydrogen) atoms. The van der Waals surface area contributed by atoms with E-state index in [-0.39, 0.29) is 5.91 Å². The molecule has 0 unspecified atom stereocenters. The van der Waals surface area contributed by atoms with Crippen molar-refractivity contribution in [3.8, 4) is 0 Å². The number of amides is 1. The highest BCUT2D eigenvalue weighted by molar-refractivity contribution is 5.94. The molecule has 0 spiro atoms. The molecule has 1 heterocycles. The molecule has 6 heteroatoms. The Kier molecular flexibility index (Phi) is 8.41. The molecule has 2 rings (SSSR count). The predicted molar refractivity (Wildman–Crippen MR) is 107 cm³/mol. The second-order valence-corrected chi connectivity index (χ2v) is 7.01. The maximum absolute atomic E-state index is 11.7. The van der Waals surface area contributed by atoms with Gasteiger partial charge in [-0.05, 0) is 62.5 Å². The van der Waals surface area contributed by atoms with Crippen LogP contribution in [0.2, 0.25) is 0 Å². The third kappa shape index (κ3) is 6.67. The summed E-state index contributed by atoms with van der Waals surface area (Å²) in [5.41, 5.74) is 1.72. The van der Waals surface area contributed by atoms with Crippen molar-refractivity contribution in [3.05, 3.63) is 35.4 Å². The van der Waals surface area contributed by atoms with Gasteiger partial charge in [-0.3, -0.25) is 9.79 Å². The molecular formula is C20H33N5O. The van der Waals surface area contributed by atoms with Crippen molar-refractivity contribution in [3.63, 3.8) is 0 Å². The van der Waals surface area contributed by atoms with E-state index in [0.29, 0.717) is 12.1 Å². The quantitative estimate of drug-likeness (QED) is 0.395. The third-order valence-electron chi connectivity index (χ3n) is 4.92. The highest BCUT2D eigenvalue weighted by atomic mass is 16.1. The molecule has 1 aliphatic heterocycles. The van der Waals surface area contributed by atoms with Crippen LogP contribution in [-0.2, 0) is 6.54 Å². The van der Waals surface area contributed by atoms with E-state index < -0.39 is 0 Å². The van der Waals surface area contributed by atoms with Crippen LogP contribution in [0.25, 0.3) is 0 Å². The molecule has 0 bridgehead atoms. The van der Waals surface area contributed by atoms with Gasteiger partial charge in [0.15, 0.2) is 5.96 Å². The van der Waals surface area contributed by atoms with Crippen molar-refractivity contribution in [2.45, 2.75) is 32.7 Å². The van der Waals surface area contributed by atoms with Crippen molar-refractivity contribution in [2.75, 3.05) is 40.3 Å². The van der Waals surface area contributed by atoms with Crippen LogP contribution in [0.3, 0.4) is 0 Å². The lowest BCUT2D eigenvalue weighted by Crippen LogP contribution is -2.39. The highest BCUT2D eigenvalue weighted by Crippen LogP contribution is 2.15. The summed E-state index contributed by atoms with van der Waals surface area (Å²) in [5, 5.41) is 9.33. The fourth-order valence-corrected chi connectivity index (χ4v) is 3.17. The lowest BCUT2D eigenvalue weighted by Gasteiger charge is -2.30. The number of nitrogens with one attached hydrogen (secondary N) is 3. The summed E-state index contributed by atoms with van der Waals surface area (Å²) in [7, 11) is 3.42. The average molecular weight is 360 g/mol. The number of guanidine groups is 1. The normalized spacial score (nSPS) is 16.3. The van der Waals surface area contributed by atoms with E-state index in [1.165, 1.54) is 25.9 Å². The van der Waals surface area contributed by atoms with Crippen molar-refractivity contribution < 1.29 is 4.79 Å². The van der Waals surface area contributed by atoms with E-state index in [4.69, 9.17) is 0 Å². The summed E-state index contributed by atoms with van der Waals surface area (Å²) in [6, 6.07) is 7.62. The molecule has 144 valence electrons. The number of carbonyl (C=O) groups excluding carboxylic acids is 1. The maximum atomic E-state index is 11.7. The van der Waals surface area contributed by atoms with E-state index in [0.717, 1.165) is 37.0 Å². The van der Waals surface area contributed by atoms with Crippen LogP contribution < -0.4 is 16.0 Å². The number of hydrogen-bond donors (Lipinski definition) is 3. The van der Waals surface area contributed by atoms with E-state index in [1.807, 2.05) is 24.3 Å². The summed E-state index contributed by atoms with van der Waals surface area (Å²) in [4.78, 5) is 18.5. The summed E-state index contributed by atoms with van der Waals surface area (Å²) in [5.74, 6) is 1.61. The Morgan fingerprint density at radius 1 is 1.27 bits per heavy atom. The van der Waals surface area contributed by atoms with Gasteiger partial charge in [-0.2, -0.15) is 0 Å². The smallest absolute Gasteiger partial charge is 0.251 e. The van der Waals surface area contributed by atoms with Crippen LogP contribution >= 0.6 is 0 Å². The molecule has 3 N–H and O–H groups in total. The zero-order chi connectivity index (χ0) is 18.8. The van der Waals surface area contributed by atoms with Gasteiger partial charge in [0.25, 0.3) is 5.91 Å². The van der Waals surface area contributed by atoms with Crippen LogP contribution in [0.4, 0.5) is 0 Å². The average Bonchev–Trinajstić information content (AvgIpc) is 2.68. The van der Waals surface area contributed by atoms with Gasteiger partial charge in [0, 0.05) is 32.7 Å². The lowest BCUT2D eigenvalue weighted by atomic mass is 9.99. The number of carbonyl (C=O) groups is 1. The SMILES string of the molecule is CN=C(NCCCN1CCC(C)CC1)NCc1cccc(C(=O)NC)c1. The number of rotatable bonds is 7. The van der Waals surface area contributed by atoms with Gasteiger partial charge in [0.1, 0.15) is 0 Å². The molecule has 0 radical (unpaired) electrons. The minimum atomic E-state index is -0.0681. The minimum absolute atomic E-state index is 0.0681.